The summed E-state index contributed by atoms with van der Waals surface area (Å²) in [6.07, 6.45) is -9.95. The van der Waals surface area contributed by atoms with Gasteiger partial charge in [0.25, 0.3) is 0 Å². The molecule has 1 fully saturated rings. The van der Waals surface area contributed by atoms with Gasteiger partial charge in [-0.15, -0.1) is 0 Å². The third-order valence-corrected chi connectivity index (χ3v) is 7.66. The molecule has 0 bridgehead atoms. The predicted molar refractivity (Wildman–Crippen MR) is 138 cm³/mol. The molecule has 1 heterocycles. The molecule has 12 heteroatoms. The number of nitrogens with zero attached hydrogens (tertiary/aromatic N) is 1. The van der Waals surface area contributed by atoms with Crippen molar-refractivity contribution in [3.8, 4) is 0 Å². The summed E-state index contributed by atoms with van der Waals surface area (Å²) < 4.78 is 66.3. The van der Waals surface area contributed by atoms with Gasteiger partial charge in [0.15, 0.2) is 11.9 Å². The molecule has 2 aromatic carbocycles. The fraction of sp³-hybridized carbons (Fsp3) is 0.429. The molecule has 3 atom stereocenters. The Kier molecular flexibility index (Phi) is 8.63. The van der Waals surface area contributed by atoms with E-state index in [1.165, 1.54) is 0 Å². The number of fused-ring (bicyclic) bond motifs is 1. The molecule has 4 rings (SSSR count). The molecule has 1 aliphatic carbocycles. The largest absolute Gasteiger partial charge is 0.389 e. The van der Waals surface area contributed by atoms with E-state index in [0.717, 1.165) is 0 Å². The summed E-state index contributed by atoms with van der Waals surface area (Å²) in [7, 11) is 0. The van der Waals surface area contributed by atoms with Gasteiger partial charge in [0.05, 0.1) is 5.71 Å². The summed E-state index contributed by atoms with van der Waals surface area (Å²) in [5, 5.41) is 2.72. The highest BCUT2D eigenvalue weighted by Gasteiger charge is 2.48. The molecular weight excluding hydrogens is 557 g/mol. The summed E-state index contributed by atoms with van der Waals surface area (Å²) >= 11 is 6.38. The summed E-state index contributed by atoms with van der Waals surface area (Å²) in [4.78, 5) is 43.5. The number of alkyl halides is 5. The van der Waals surface area contributed by atoms with Crippen molar-refractivity contribution < 1.29 is 36.3 Å². The number of Topliss-reactive ketones (excluding diaryl/α,β-unsaturated/α-hetero) is 1. The minimum atomic E-state index is -4.65. The third kappa shape index (κ3) is 7.04. The normalized spacial score (nSPS) is 20.4. The Bertz CT molecular complexity index is 1310. The lowest BCUT2D eigenvalue weighted by Gasteiger charge is -2.38. The number of carbonyl (C=O) groups is 3. The van der Waals surface area contributed by atoms with Crippen molar-refractivity contribution in [1.82, 2.24) is 5.32 Å². The zero-order valence-corrected chi connectivity index (χ0v) is 21.9. The van der Waals surface area contributed by atoms with Gasteiger partial charge in [-0.05, 0) is 30.4 Å². The Labute approximate surface area is 232 Å². The molecule has 40 heavy (non-hydrogen) atoms. The fourth-order valence-electron chi connectivity index (χ4n) is 5.31. The van der Waals surface area contributed by atoms with Crippen molar-refractivity contribution in [2.75, 3.05) is 0 Å². The van der Waals surface area contributed by atoms with Crippen LogP contribution in [0.15, 0.2) is 53.5 Å². The average Bonchev–Trinajstić information content (AvgIpc) is 2.99. The van der Waals surface area contributed by atoms with Crippen LogP contribution in [-0.4, -0.2) is 41.6 Å². The van der Waals surface area contributed by atoms with Crippen molar-refractivity contribution in [3.05, 3.63) is 70.2 Å². The third-order valence-electron chi connectivity index (χ3n) is 7.30. The Morgan fingerprint density at radius 2 is 1.75 bits per heavy atom. The number of benzene rings is 2. The number of nitrogens with two attached hydrogens (primary N) is 1. The summed E-state index contributed by atoms with van der Waals surface area (Å²) in [6, 6.07) is 13.7. The smallest absolute Gasteiger partial charge is 0.369 e. The Hall–Kier alpha value is -3.34. The van der Waals surface area contributed by atoms with Gasteiger partial charge in [-0.2, -0.15) is 13.2 Å². The van der Waals surface area contributed by atoms with Crippen molar-refractivity contribution in [1.29, 1.82) is 0 Å². The van der Waals surface area contributed by atoms with Crippen LogP contribution in [0.4, 0.5) is 22.0 Å². The standard InChI is InChI=1S/C28H27ClF5N3O3/c29-21-8-4-7-17-19(21)12-22(38)25(36-23(17)16-5-2-1-3-6-16)37-26(40)18(9-10-28(32,33)34)20(24(35)39)11-15-13-27(30,31)14-15/h1-8,15,18,20,25H,9-14H2,(H2,35,39)(H,37,40)/t18-,20+,25-/m1/s1. The molecule has 6 nitrogen and oxygen atoms in total. The number of nitrogens with one attached hydrogen (secondary N) is 1. The van der Waals surface area contributed by atoms with E-state index in [2.05, 4.69) is 10.3 Å². The van der Waals surface area contributed by atoms with Crippen molar-refractivity contribution >= 4 is 34.9 Å². The van der Waals surface area contributed by atoms with Crippen LogP contribution < -0.4 is 11.1 Å². The van der Waals surface area contributed by atoms with E-state index in [1.54, 1.807) is 48.5 Å². The molecule has 1 saturated carbocycles. The number of primary amides is 1. The lowest BCUT2D eigenvalue weighted by Crippen LogP contribution is -2.48. The highest BCUT2D eigenvalue weighted by molar-refractivity contribution is 6.32. The number of rotatable bonds is 9. The van der Waals surface area contributed by atoms with Gasteiger partial charge in [0.1, 0.15) is 0 Å². The van der Waals surface area contributed by atoms with E-state index in [1.807, 2.05) is 0 Å². The summed E-state index contributed by atoms with van der Waals surface area (Å²) in [5.41, 5.74) is 7.44. The van der Waals surface area contributed by atoms with Crippen LogP contribution in [0.25, 0.3) is 0 Å². The molecule has 0 aromatic heterocycles. The number of hydrogen-bond acceptors (Lipinski definition) is 4. The van der Waals surface area contributed by atoms with Crippen LogP contribution >= 0.6 is 11.6 Å². The quantitative estimate of drug-likeness (QED) is 0.395. The van der Waals surface area contributed by atoms with Crippen LogP contribution in [0, 0.1) is 17.8 Å². The van der Waals surface area contributed by atoms with Crippen LogP contribution in [-0.2, 0) is 20.8 Å². The van der Waals surface area contributed by atoms with Crippen molar-refractivity contribution in [2.24, 2.45) is 28.5 Å². The minimum Gasteiger partial charge on any atom is -0.369 e. The maximum absolute atomic E-state index is 13.4. The molecule has 1 aliphatic heterocycles. The van der Waals surface area contributed by atoms with E-state index >= 15 is 0 Å². The van der Waals surface area contributed by atoms with E-state index < -0.39 is 79.3 Å². The van der Waals surface area contributed by atoms with E-state index in [-0.39, 0.29) is 12.8 Å². The lowest BCUT2D eigenvalue weighted by molar-refractivity contribution is -0.149. The minimum absolute atomic E-state index is 0.219. The highest BCUT2D eigenvalue weighted by atomic mass is 35.5. The van der Waals surface area contributed by atoms with Gasteiger partial charge in [-0.25, -0.2) is 8.78 Å². The van der Waals surface area contributed by atoms with E-state index in [4.69, 9.17) is 17.3 Å². The first-order valence-electron chi connectivity index (χ1n) is 12.7. The molecule has 0 saturated heterocycles. The van der Waals surface area contributed by atoms with Crippen molar-refractivity contribution in [3.63, 3.8) is 0 Å². The predicted octanol–water partition coefficient (Wildman–Crippen LogP) is 5.24. The first kappa shape index (κ1) is 29.6. The first-order chi connectivity index (χ1) is 18.7. The second kappa shape index (κ2) is 11.6. The zero-order valence-electron chi connectivity index (χ0n) is 21.2. The van der Waals surface area contributed by atoms with Gasteiger partial charge in [0, 0.05) is 53.7 Å². The zero-order chi connectivity index (χ0) is 29.2. The van der Waals surface area contributed by atoms with Gasteiger partial charge in [-0.3, -0.25) is 19.4 Å². The number of carbonyl (C=O) groups excluding carboxylic acids is 3. The molecule has 0 unspecified atom stereocenters. The van der Waals surface area contributed by atoms with Crippen LogP contribution in [0.3, 0.4) is 0 Å². The number of aliphatic imine (C=N–C) groups is 1. The molecule has 0 spiro atoms. The van der Waals surface area contributed by atoms with Gasteiger partial charge >= 0.3 is 6.18 Å². The van der Waals surface area contributed by atoms with Crippen molar-refractivity contribution in [2.45, 2.75) is 56.8 Å². The number of ketones is 1. The Morgan fingerprint density at radius 3 is 2.35 bits per heavy atom. The van der Waals surface area contributed by atoms with E-state index in [9.17, 15) is 36.3 Å². The van der Waals surface area contributed by atoms with E-state index in [0.29, 0.717) is 27.4 Å². The van der Waals surface area contributed by atoms with Gasteiger partial charge in [0.2, 0.25) is 17.7 Å². The number of amides is 2. The SMILES string of the molecule is NC(=O)[C@@H](CC1CC(F)(F)C1)[C@@H](CCC(F)(F)F)C(=O)N[C@H]1N=C(c2ccccc2)c2cccc(Cl)c2CC1=O. The van der Waals surface area contributed by atoms with Crippen LogP contribution in [0.2, 0.25) is 5.02 Å². The fourth-order valence-corrected chi connectivity index (χ4v) is 5.55. The van der Waals surface area contributed by atoms with Gasteiger partial charge in [-0.1, -0.05) is 54.1 Å². The lowest BCUT2D eigenvalue weighted by atomic mass is 9.72. The molecule has 2 aliphatic rings. The molecule has 2 aromatic rings. The first-order valence-corrected chi connectivity index (χ1v) is 13.1. The average molecular weight is 584 g/mol. The monoisotopic (exact) mass is 583 g/mol. The van der Waals surface area contributed by atoms with Crippen LogP contribution in [0.5, 0.6) is 0 Å². The highest BCUT2D eigenvalue weighted by Crippen LogP contribution is 2.46. The summed E-state index contributed by atoms with van der Waals surface area (Å²) in [5.74, 6) is -9.32. The van der Waals surface area contributed by atoms with Crippen LogP contribution in [0.1, 0.15) is 48.8 Å². The second-order valence-electron chi connectivity index (χ2n) is 10.3. The topological polar surface area (TPSA) is 102 Å². The molecular formula is C28H27ClF5N3O3. The molecule has 2 amide bonds. The molecule has 3 N–H and O–H groups in total. The summed E-state index contributed by atoms with van der Waals surface area (Å²) in [6.45, 7) is 0. The number of hydrogen-bond donors (Lipinski definition) is 2. The Balaban J connectivity index is 1.66. The maximum Gasteiger partial charge on any atom is 0.389 e. The molecule has 214 valence electrons. The second-order valence-corrected chi connectivity index (χ2v) is 10.7. The molecule has 0 radical (unpaired) electrons. The number of halogens is 6. The Morgan fingerprint density at radius 1 is 1.07 bits per heavy atom. The van der Waals surface area contributed by atoms with Gasteiger partial charge < -0.3 is 11.1 Å². The maximum atomic E-state index is 13.4.